The normalized spacial score (nSPS) is 20.8. The molecule has 2 atom stereocenters. The SMILES string of the molecule is Cc1ccc(C(=O)Nc2cc(C3(C(N)=O)C(c4cc(Cl)cc(Cl)c4)C3(Cl)Cl)ccc2Cl)cc1. The number of primary amides is 1. The van der Waals surface area contributed by atoms with Gasteiger partial charge in [0.05, 0.1) is 10.7 Å². The second-order valence-electron chi connectivity index (χ2n) is 7.95. The number of benzene rings is 3. The predicted octanol–water partition coefficient (Wildman–Crippen LogP) is 6.90. The van der Waals surface area contributed by atoms with Crippen LogP contribution in [0.3, 0.4) is 0 Å². The first-order valence-corrected chi connectivity index (χ1v) is 11.7. The van der Waals surface area contributed by atoms with Gasteiger partial charge >= 0.3 is 0 Å². The van der Waals surface area contributed by atoms with E-state index in [0.29, 0.717) is 32.4 Å². The first-order chi connectivity index (χ1) is 15.5. The Morgan fingerprint density at radius 1 is 0.909 bits per heavy atom. The fourth-order valence-electron chi connectivity index (χ4n) is 4.18. The van der Waals surface area contributed by atoms with E-state index in [1.54, 1.807) is 48.5 Å². The molecule has 0 aromatic heterocycles. The van der Waals surface area contributed by atoms with Crippen LogP contribution in [0.4, 0.5) is 5.69 Å². The van der Waals surface area contributed by atoms with Crippen LogP contribution in [-0.2, 0) is 10.2 Å². The highest BCUT2D eigenvalue weighted by Gasteiger charge is 2.80. The molecule has 9 heteroatoms. The number of amides is 2. The first kappa shape index (κ1) is 24.2. The summed E-state index contributed by atoms with van der Waals surface area (Å²) in [5.74, 6) is -1.81. The molecule has 1 saturated carbocycles. The number of nitrogens with one attached hydrogen (secondary N) is 1. The number of carbonyl (C=O) groups excluding carboxylic acids is 2. The smallest absolute Gasteiger partial charge is 0.255 e. The van der Waals surface area contributed by atoms with Crippen LogP contribution in [0, 0.1) is 6.92 Å². The highest BCUT2D eigenvalue weighted by atomic mass is 35.5. The number of nitrogens with two attached hydrogens (primary N) is 1. The summed E-state index contributed by atoms with van der Waals surface area (Å²) >= 11 is 32.0. The van der Waals surface area contributed by atoms with Crippen LogP contribution >= 0.6 is 58.0 Å². The lowest BCUT2D eigenvalue weighted by Gasteiger charge is -2.18. The molecule has 0 bridgehead atoms. The van der Waals surface area contributed by atoms with Gasteiger partial charge < -0.3 is 11.1 Å². The Hall–Kier alpha value is -1.95. The summed E-state index contributed by atoms with van der Waals surface area (Å²) in [5, 5.41) is 3.79. The standard InChI is InChI=1S/C24H17Cl5N2O2/c1-12-2-4-13(5-3-12)21(32)31-19-10-15(6-7-18(19)27)23(22(30)33)20(24(23,28)29)14-8-16(25)11-17(26)9-14/h2-11,20H,1H3,(H2,30,33)(H,31,32). The minimum Gasteiger partial charge on any atom is -0.369 e. The van der Waals surface area contributed by atoms with Gasteiger partial charge in [0.15, 0.2) is 0 Å². The van der Waals surface area contributed by atoms with E-state index in [2.05, 4.69) is 5.32 Å². The second-order valence-corrected chi connectivity index (χ2v) is 10.6. The van der Waals surface area contributed by atoms with Gasteiger partial charge in [0.1, 0.15) is 9.75 Å². The molecule has 0 spiro atoms. The number of rotatable bonds is 5. The molecular formula is C24H17Cl5N2O2. The maximum Gasteiger partial charge on any atom is 0.255 e. The lowest BCUT2D eigenvalue weighted by molar-refractivity contribution is -0.120. The Morgan fingerprint density at radius 2 is 1.52 bits per heavy atom. The Morgan fingerprint density at radius 3 is 2.09 bits per heavy atom. The Balaban J connectivity index is 1.76. The maximum absolute atomic E-state index is 12.8. The van der Waals surface area contributed by atoms with Crippen molar-refractivity contribution >= 4 is 75.5 Å². The van der Waals surface area contributed by atoms with Gasteiger partial charge in [-0.3, -0.25) is 9.59 Å². The van der Waals surface area contributed by atoms with Gasteiger partial charge in [-0.05, 0) is 60.5 Å². The van der Waals surface area contributed by atoms with Crippen LogP contribution in [0.25, 0.3) is 0 Å². The van der Waals surface area contributed by atoms with Crippen molar-refractivity contribution in [3.05, 3.63) is 98.0 Å². The molecule has 1 aliphatic rings. The number of carbonyl (C=O) groups is 2. The van der Waals surface area contributed by atoms with Crippen LogP contribution in [0.1, 0.15) is 33.0 Å². The molecule has 1 fully saturated rings. The van der Waals surface area contributed by atoms with E-state index in [4.69, 9.17) is 63.7 Å². The summed E-state index contributed by atoms with van der Waals surface area (Å²) in [4.78, 5) is 25.5. The molecule has 4 nitrogen and oxygen atoms in total. The maximum atomic E-state index is 12.8. The molecular weight excluding hydrogens is 526 g/mol. The second kappa shape index (κ2) is 8.68. The Kier molecular flexibility index (Phi) is 6.36. The molecule has 1 aliphatic carbocycles. The minimum absolute atomic E-state index is 0.275. The van der Waals surface area contributed by atoms with E-state index in [1.807, 2.05) is 19.1 Å². The molecule has 3 aromatic carbocycles. The highest BCUT2D eigenvalue weighted by Crippen LogP contribution is 2.74. The van der Waals surface area contributed by atoms with Crippen molar-refractivity contribution < 1.29 is 9.59 Å². The molecule has 2 amide bonds. The van der Waals surface area contributed by atoms with Gasteiger partial charge in [-0.1, -0.05) is 81.8 Å². The zero-order valence-electron chi connectivity index (χ0n) is 17.1. The fourth-order valence-corrected chi connectivity index (χ4v) is 5.98. The number of alkyl halides is 2. The lowest BCUT2D eigenvalue weighted by Crippen LogP contribution is -2.34. The van der Waals surface area contributed by atoms with Crippen molar-refractivity contribution in [3.63, 3.8) is 0 Å². The predicted molar refractivity (Wildman–Crippen MR) is 135 cm³/mol. The average Bonchev–Trinajstić information content (AvgIpc) is 3.26. The van der Waals surface area contributed by atoms with Crippen LogP contribution in [-0.4, -0.2) is 16.1 Å². The topological polar surface area (TPSA) is 72.2 Å². The highest BCUT2D eigenvalue weighted by molar-refractivity contribution is 6.55. The van der Waals surface area contributed by atoms with E-state index >= 15 is 0 Å². The van der Waals surface area contributed by atoms with Crippen LogP contribution in [0.15, 0.2) is 60.7 Å². The third kappa shape index (κ3) is 4.09. The molecule has 0 heterocycles. The lowest BCUT2D eigenvalue weighted by atomic mass is 9.89. The molecule has 2 unspecified atom stereocenters. The molecule has 33 heavy (non-hydrogen) atoms. The zero-order valence-corrected chi connectivity index (χ0v) is 20.9. The molecule has 0 saturated heterocycles. The van der Waals surface area contributed by atoms with Crippen LogP contribution in [0.2, 0.25) is 15.1 Å². The summed E-state index contributed by atoms with van der Waals surface area (Å²) in [6.45, 7) is 1.93. The van der Waals surface area contributed by atoms with Crippen molar-refractivity contribution in [2.75, 3.05) is 5.32 Å². The quantitative estimate of drug-likeness (QED) is 0.344. The third-order valence-electron chi connectivity index (χ3n) is 5.83. The number of halogens is 5. The third-order valence-corrected chi connectivity index (χ3v) is 7.63. The van der Waals surface area contributed by atoms with E-state index < -0.39 is 21.6 Å². The molecule has 3 aromatic rings. The molecule has 3 N–H and O–H groups in total. The zero-order chi connectivity index (χ0) is 24.1. The number of anilines is 1. The average molecular weight is 543 g/mol. The van der Waals surface area contributed by atoms with Crippen molar-refractivity contribution in [1.29, 1.82) is 0 Å². The minimum atomic E-state index is -1.57. The summed E-state index contributed by atoms with van der Waals surface area (Å²) < 4.78 is -1.57. The van der Waals surface area contributed by atoms with Gasteiger partial charge in [-0.2, -0.15) is 0 Å². The van der Waals surface area contributed by atoms with Gasteiger partial charge in [-0.25, -0.2) is 0 Å². The van der Waals surface area contributed by atoms with E-state index in [9.17, 15) is 9.59 Å². The van der Waals surface area contributed by atoms with Crippen LogP contribution < -0.4 is 11.1 Å². The van der Waals surface area contributed by atoms with Gasteiger partial charge in [0.25, 0.3) is 5.91 Å². The monoisotopic (exact) mass is 540 g/mol. The largest absolute Gasteiger partial charge is 0.369 e. The molecule has 0 aliphatic heterocycles. The van der Waals surface area contributed by atoms with Crippen molar-refractivity contribution in [2.24, 2.45) is 5.73 Å². The molecule has 4 rings (SSSR count). The van der Waals surface area contributed by atoms with Gasteiger partial charge in [0.2, 0.25) is 5.91 Å². The number of hydrogen-bond acceptors (Lipinski definition) is 2. The number of aryl methyl sites for hydroxylation is 1. The van der Waals surface area contributed by atoms with E-state index in [0.717, 1.165) is 5.56 Å². The molecule has 0 radical (unpaired) electrons. The van der Waals surface area contributed by atoms with Gasteiger partial charge in [0, 0.05) is 21.5 Å². The van der Waals surface area contributed by atoms with Crippen LogP contribution in [0.5, 0.6) is 0 Å². The van der Waals surface area contributed by atoms with Crippen molar-refractivity contribution in [3.8, 4) is 0 Å². The molecule has 170 valence electrons. The van der Waals surface area contributed by atoms with E-state index in [1.165, 1.54) is 0 Å². The summed E-state index contributed by atoms with van der Waals surface area (Å²) in [6.07, 6.45) is 0. The summed E-state index contributed by atoms with van der Waals surface area (Å²) in [7, 11) is 0. The van der Waals surface area contributed by atoms with Crippen molar-refractivity contribution in [1.82, 2.24) is 0 Å². The van der Waals surface area contributed by atoms with Gasteiger partial charge in [-0.15, -0.1) is 0 Å². The first-order valence-electron chi connectivity index (χ1n) is 9.80. The Bertz CT molecular complexity index is 1260. The van der Waals surface area contributed by atoms with Crippen molar-refractivity contribution in [2.45, 2.75) is 22.6 Å². The number of hydrogen-bond donors (Lipinski definition) is 2. The summed E-state index contributed by atoms with van der Waals surface area (Å²) in [5.41, 5.74) is 7.10. The summed E-state index contributed by atoms with van der Waals surface area (Å²) in [6, 6.07) is 16.6. The fraction of sp³-hybridized carbons (Fsp3) is 0.167. The Labute approximate surface area is 215 Å². The van der Waals surface area contributed by atoms with E-state index in [-0.39, 0.29) is 10.9 Å².